The zero-order valence-corrected chi connectivity index (χ0v) is 14.9. The fourth-order valence-corrected chi connectivity index (χ4v) is 3.13. The van der Waals surface area contributed by atoms with Gasteiger partial charge in [0, 0.05) is 24.6 Å². The largest absolute Gasteiger partial charge is 0.353 e. The second-order valence-corrected chi connectivity index (χ2v) is 6.27. The number of hydrogen-bond acceptors (Lipinski definition) is 2. The molecule has 0 saturated heterocycles. The number of carbonyl (C=O) groups excluding carboxylic acids is 1. The van der Waals surface area contributed by atoms with Crippen molar-refractivity contribution in [3.05, 3.63) is 60.4 Å². The molecule has 0 aliphatic rings. The standard InChI is InChI=1S/C21H25N3O/c1-3-16(4-2)22-21(25)15-14-20-23-18-12-8-9-13-19(18)24(20)17-10-6-5-7-11-17/h5-13,16H,3-4,14-15H2,1-2H3,(H,22,25). The second-order valence-electron chi connectivity index (χ2n) is 6.27. The van der Waals surface area contributed by atoms with Crippen LogP contribution in [0.5, 0.6) is 0 Å². The first kappa shape index (κ1) is 17.2. The average Bonchev–Trinajstić information content (AvgIpc) is 3.03. The SMILES string of the molecule is CCC(CC)NC(=O)CCc1nc2ccccc2n1-c1ccccc1. The lowest BCUT2D eigenvalue weighted by Crippen LogP contribution is -2.34. The van der Waals surface area contributed by atoms with Gasteiger partial charge in [-0.1, -0.05) is 44.2 Å². The van der Waals surface area contributed by atoms with Gasteiger partial charge in [-0.3, -0.25) is 9.36 Å². The molecule has 0 unspecified atom stereocenters. The lowest BCUT2D eigenvalue weighted by atomic mass is 10.1. The predicted molar refractivity (Wildman–Crippen MR) is 102 cm³/mol. The molecule has 0 bridgehead atoms. The van der Waals surface area contributed by atoms with E-state index in [1.807, 2.05) is 36.4 Å². The highest BCUT2D eigenvalue weighted by atomic mass is 16.1. The van der Waals surface area contributed by atoms with Gasteiger partial charge in [0.15, 0.2) is 0 Å². The summed E-state index contributed by atoms with van der Waals surface area (Å²) in [7, 11) is 0. The van der Waals surface area contributed by atoms with Crippen LogP contribution in [0.2, 0.25) is 0 Å². The van der Waals surface area contributed by atoms with Gasteiger partial charge < -0.3 is 5.32 Å². The maximum atomic E-state index is 12.3. The van der Waals surface area contributed by atoms with Gasteiger partial charge in [-0.15, -0.1) is 0 Å². The van der Waals surface area contributed by atoms with Crippen LogP contribution in [0.4, 0.5) is 0 Å². The van der Waals surface area contributed by atoms with Crippen molar-refractivity contribution < 1.29 is 4.79 Å². The number of aryl methyl sites for hydroxylation is 1. The highest BCUT2D eigenvalue weighted by Gasteiger charge is 2.14. The molecule has 0 saturated carbocycles. The number of nitrogens with one attached hydrogen (secondary N) is 1. The number of aromatic nitrogens is 2. The molecule has 2 aromatic carbocycles. The van der Waals surface area contributed by atoms with Gasteiger partial charge in [-0.25, -0.2) is 4.98 Å². The fraction of sp³-hybridized carbons (Fsp3) is 0.333. The van der Waals surface area contributed by atoms with E-state index in [9.17, 15) is 4.79 Å². The Morgan fingerprint density at radius 2 is 1.72 bits per heavy atom. The first-order valence-corrected chi connectivity index (χ1v) is 9.04. The molecule has 0 aliphatic carbocycles. The summed E-state index contributed by atoms with van der Waals surface area (Å²) in [6, 6.07) is 18.6. The third kappa shape index (κ3) is 3.90. The van der Waals surface area contributed by atoms with Crippen LogP contribution in [0.3, 0.4) is 0 Å². The van der Waals surface area contributed by atoms with E-state index < -0.39 is 0 Å². The van der Waals surface area contributed by atoms with Crippen molar-refractivity contribution in [2.45, 2.75) is 45.6 Å². The molecule has 3 aromatic rings. The summed E-state index contributed by atoms with van der Waals surface area (Å²) in [5.74, 6) is 1.02. The van der Waals surface area contributed by atoms with E-state index in [4.69, 9.17) is 4.98 Å². The van der Waals surface area contributed by atoms with E-state index in [-0.39, 0.29) is 11.9 Å². The average molecular weight is 335 g/mol. The molecule has 0 radical (unpaired) electrons. The molecule has 0 spiro atoms. The Morgan fingerprint density at radius 1 is 1.04 bits per heavy atom. The van der Waals surface area contributed by atoms with Crippen LogP contribution >= 0.6 is 0 Å². The van der Waals surface area contributed by atoms with Gasteiger partial charge in [-0.05, 0) is 37.1 Å². The molecule has 0 fully saturated rings. The number of carbonyl (C=O) groups is 1. The van der Waals surface area contributed by atoms with Crippen molar-refractivity contribution >= 4 is 16.9 Å². The van der Waals surface area contributed by atoms with E-state index in [0.717, 1.165) is 35.4 Å². The zero-order valence-electron chi connectivity index (χ0n) is 14.9. The van der Waals surface area contributed by atoms with Crippen LogP contribution in [0.1, 0.15) is 38.9 Å². The molecule has 4 nitrogen and oxygen atoms in total. The molecule has 25 heavy (non-hydrogen) atoms. The molecule has 1 aromatic heterocycles. The summed E-state index contributed by atoms with van der Waals surface area (Å²) in [5.41, 5.74) is 3.11. The summed E-state index contributed by atoms with van der Waals surface area (Å²) in [6.07, 6.45) is 3.00. The van der Waals surface area contributed by atoms with Crippen molar-refractivity contribution in [1.29, 1.82) is 0 Å². The minimum atomic E-state index is 0.0976. The molecular formula is C21H25N3O. The Morgan fingerprint density at radius 3 is 2.44 bits per heavy atom. The third-order valence-electron chi connectivity index (χ3n) is 4.57. The van der Waals surface area contributed by atoms with Gasteiger partial charge in [0.25, 0.3) is 0 Å². The van der Waals surface area contributed by atoms with E-state index in [0.29, 0.717) is 12.8 Å². The Hall–Kier alpha value is -2.62. The van der Waals surface area contributed by atoms with Crippen LogP contribution in [0, 0.1) is 0 Å². The van der Waals surface area contributed by atoms with Crippen LogP contribution < -0.4 is 5.32 Å². The van der Waals surface area contributed by atoms with Crippen LogP contribution in [0.15, 0.2) is 54.6 Å². The van der Waals surface area contributed by atoms with Gasteiger partial charge in [0.05, 0.1) is 11.0 Å². The number of nitrogens with zero attached hydrogens (tertiary/aromatic N) is 2. The molecule has 3 rings (SSSR count). The summed E-state index contributed by atoms with van der Waals surface area (Å²) in [6.45, 7) is 4.20. The lowest BCUT2D eigenvalue weighted by molar-refractivity contribution is -0.121. The van der Waals surface area contributed by atoms with Gasteiger partial charge in [0.1, 0.15) is 5.82 Å². The molecule has 1 amide bonds. The van der Waals surface area contributed by atoms with Gasteiger partial charge in [0.2, 0.25) is 5.91 Å². The number of fused-ring (bicyclic) bond motifs is 1. The number of rotatable bonds is 7. The topological polar surface area (TPSA) is 46.9 Å². The second kappa shape index (κ2) is 7.97. The fourth-order valence-electron chi connectivity index (χ4n) is 3.13. The third-order valence-corrected chi connectivity index (χ3v) is 4.57. The monoisotopic (exact) mass is 335 g/mol. The molecule has 1 heterocycles. The predicted octanol–water partition coefficient (Wildman–Crippen LogP) is 4.26. The van der Waals surface area contributed by atoms with Gasteiger partial charge >= 0.3 is 0 Å². The normalized spacial score (nSPS) is 11.2. The molecule has 1 N–H and O–H groups in total. The highest BCUT2D eigenvalue weighted by Crippen LogP contribution is 2.22. The van der Waals surface area contributed by atoms with Crippen LogP contribution in [-0.2, 0) is 11.2 Å². The Balaban J connectivity index is 1.85. The zero-order chi connectivity index (χ0) is 17.6. The first-order valence-electron chi connectivity index (χ1n) is 9.04. The Kier molecular flexibility index (Phi) is 5.49. The number of amides is 1. The maximum absolute atomic E-state index is 12.3. The molecule has 0 aliphatic heterocycles. The van der Waals surface area contributed by atoms with Gasteiger partial charge in [-0.2, -0.15) is 0 Å². The summed E-state index contributed by atoms with van der Waals surface area (Å²) in [4.78, 5) is 17.0. The first-order chi connectivity index (χ1) is 12.2. The van der Waals surface area contributed by atoms with E-state index in [1.54, 1.807) is 0 Å². The summed E-state index contributed by atoms with van der Waals surface area (Å²) >= 11 is 0. The Bertz CT molecular complexity index is 835. The quantitative estimate of drug-likeness (QED) is 0.701. The number of para-hydroxylation sites is 3. The van der Waals surface area contributed by atoms with Crippen molar-refractivity contribution in [3.8, 4) is 5.69 Å². The van der Waals surface area contributed by atoms with Crippen molar-refractivity contribution in [2.24, 2.45) is 0 Å². The molecule has 4 heteroatoms. The van der Waals surface area contributed by atoms with Crippen molar-refractivity contribution in [2.75, 3.05) is 0 Å². The van der Waals surface area contributed by atoms with E-state index in [1.165, 1.54) is 0 Å². The van der Waals surface area contributed by atoms with Crippen LogP contribution in [0.25, 0.3) is 16.7 Å². The molecular weight excluding hydrogens is 310 g/mol. The van der Waals surface area contributed by atoms with E-state index in [2.05, 4.69) is 41.9 Å². The molecule has 130 valence electrons. The minimum absolute atomic E-state index is 0.0976. The number of hydrogen-bond donors (Lipinski definition) is 1. The highest BCUT2D eigenvalue weighted by molar-refractivity contribution is 5.79. The summed E-state index contributed by atoms with van der Waals surface area (Å²) in [5, 5.41) is 3.10. The minimum Gasteiger partial charge on any atom is -0.353 e. The Labute approximate surface area is 148 Å². The maximum Gasteiger partial charge on any atom is 0.220 e. The number of benzene rings is 2. The smallest absolute Gasteiger partial charge is 0.220 e. The van der Waals surface area contributed by atoms with Crippen molar-refractivity contribution in [3.63, 3.8) is 0 Å². The van der Waals surface area contributed by atoms with E-state index >= 15 is 0 Å². The van der Waals surface area contributed by atoms with Crippen LogP contribution in [-0.4, -0.2) is 21.5 Å². The summed E-state index contributed by atoms with van der Waals surface area (Å²) < 4.78 is 2.15. The lowest BCUT2D eigenvalue weighted by Gasteiger charge is -2.15. The molecule has 0 atom stereocenters. The number of imidazole rings is 1. The van der Waals surface area contributed by atoms with Crippen molar-refractivity contribution in [1.82, 2.24) is 14.9 Å².